The van der Waals surface area contributed by atoms with E-state index in [1.807, 2.05) is 18.2 Å². The van der Waals surface area contributed by atoms with Gasteiger partial charge in [0.25, 0.3) is 0 Å². The zero-order chi connectivity index (χ0) is 22.1. The van der Waals surface area contributed by atoms with Crippen LogP contribution in [0.3, 0.4) is 0 Å². The Morgan fingerprint density at radius 3 is 2.91 bits per heavy atom. The molecule has 2 atom stereocenters. The highest BCUT2D eigenvalue weighted by atomic mass is 79.9. The molecule has 1 aliphatic carbocycles. The molecule has 0 bridgehead atoms. The van der Waals surface area contributed by atoms with E-state index in [0.29, 0.717) is 11.3 Å². The molecule has 1 aromatic heterocycles. The van der Waals surface area contributed by atoms with Crippen molar-refractivity contribution < 1.29 is 13.9 Å². The zero-order valence-electron chi connectivity index (χ0n) is 18.0. The van der Waals surface area contributed by atoms with E-state index >= 15 is 0 Å². The molecular weight excluding hydrogens is 470 g/mol. The second kappa shape index (κ2) is 9.08. The van der Waals surface area contributed by atoms with Gasteiger partial charge in [0.15, 0.2) is 12.2 Å². The van der Waals surface area contributed by atoms with Crippen LogP contribution in [0.5, 0.6) is 5.75 Å². The summed E-state index contributed by atoms with van der Waals surface area (Å²) >= 11 is 3.63. The fourth-order valence-electron chi connectivity index (χ4n) is 4.42. The molecule has 1 aliphatic heterocycles. The van der Waals surface area contributed by atoms with Gasteiger partial charge in [-0.1, -0.05) is 22.0 Å². The van der Waals surface area contributed by atoms with Crippen molar-refractivity contribution in [3.8, 4) is 5.75 Å². The second-order valence-corrected chi connectivity index (χ2v) is 9.25. The number of halogens is 1. The number of nitrogens with one attached hydrogen (secondary N) is 2. The SMILES string of the molecule is Cc1cc2c(cc1Br)CCC2Oc1ccc(NC2CCCCO2)c(C(=N)c2cnco2)c1. The van der Waals surface area contributed by atoms with Crippen molar-refractivity contribution in [2.24, 2.45) is 0 Å². The highest BCUT2D eigenvalue weighted by Crippen LogP contribution is 2.38. The molecule has 0 radical (unpaired) electrons. The summed E-state index contributed by atoms with van der Waals surface area (Å²) in [5.74, 6) is 1.15. The Kier molecular flexibility index (Phi) is 6.02. The van der Waals surface area contributed by atoms with Gasteiger partial charge >= 0.3 is 0 Å². The standard InChI is InChI=1S/C25H26BrN3O3/c1-15-10-18-16(11-20(15)26)5-8-22(18)32-17-6-7-21(29-24-4-2-3-9-30-24)19(12-17)25(27)23-13-28-14-31-23/h6-7,10-14,22,24,27,29H,2-5,8-9H2,1H3. The number of hydrogen-bond acceptors (Lipinski definition) is 6. The van der Waals surface area contributed by atoms with Gasteiger partial charge in [-0.3, -0.25) is 5.41 Å². The van der Waals surface area contributed by atoms with E-state index in [0.717, 1.165) is 54.6 Å². The number of nitrogens with zero attached hydrogens (tertiary/aromatic N) is 1. The van der Waals surface area contributed by atoms with E-state index in [-0.39, 0.29) is 18.0 Å². The smallest absolute Gasteiger partial charge is 0.181 e. The first-order valence-electron chi connectivity index (χ1n) is 11.0. The van der Waals surface area contributed by atoms with Gasteiger partial charge in [-0.05, 0) is 80.0 Å². The molecule has 2 heterocycles. The molecule has 0 saturated carbocycles. The van der Waals surface area contributed by atoms with Crippen molar-refractivity contribution in [2.45, 2.75) is 51.4 Å². The minimum absolute atomic E-state index is 0.00426. The molecule has 0 spiro atoms. The Balaban J connectivity index is 1.43. The van der Waals surface area contributed by atoms with Crippen molar-refractivity contribution in [3.63, 3.8) is 0 Å². The van der Waals surface area contributed by atoms with Gasteiger partial charge in [0.1, 0.15) is 23.8 Å². The molecule has 6 nitrogen and oxygen atoms in total. The highest BCUT2D eigenvalue weighted by Gasteiger charge is 2.26. The van der Waals surface area contributed by atoms with Crippen LogP contribution in [0.4, 0.5) is 5.69 Å². The second-order valence-electron chi connectivity index (χ2n) is 8.39. The molecule has 2 aromatic carbocycles. The number of fused-ring (bicyclic) bond motifs is 1. The lowest BCUT2D eigenvalue weighted by atomic mass is 10.0. The van der Waals surface area contributed by atoms with Crippen LogP contribution in [0.15, 0.2) is 51.8 Å². The van der Waals surface area contributed by atoms with E-state index in [9.17, 15) is 0 Å². The van der Waals surface area contributed by atoms with Crippen LogP contribution >= 0.6 is 15.9 Å². The fraction of sp³-hybridized carbons (Fsp3) is 0.360. The summed E-state index contributed by atoms with van der Waals surface area (Å²) in [6, 6.07) is 10.3. The molecule has 1 fully saturated rings. The Morgan fingerprint density at radius 2 is 2.12 bits per heavy atom. The maximum atomic E-state index is 8.72. The largest absolute Gasteiger partial charge is 0.486 e. The Hall–Kier alpha value is -2.64. The van der Waals surface area contributed by atoms with Gasteiger partial charge < -0.3 is 19.2 Å². The van der Waals surface area contributed by atoms with Crippen LogP contribution in [0.1, 0.15) is 59.8 Å². The molecule has 7 heteroatoms. The van der Waals surface area contributed by atoms with Crippen molar-refractivity contribution in [1.29, 1.82) is 5.41 Å². The summed E-state index contributed by atoms with van der Waals surface area (Å²) in [4.78, 5) is 3.97. The lowest BCUT2D eigenvalue weighted by Crippen LogP contribution is -2.28. The van der Waals surface area contributed by atoms with Gasteiger partial charge in [-0.15, -0.1) is 0 Å². The topological polar surface area (TPSA) is 80.4 Å². The molecule has 1 saturated heterocycles. The first-order chi connectivity index (χ1) is 15.6. The maximum Gasteiger partial charge on any atom is 0.181 e. The average molecular weight is 496 g/mol. The molecular formula is C25H26BrN3O3. The number of benzene rings is 2. The molecule has 5 rings (SSSR count). The predicted molar refractivity (Wildman–Crippen MR) is 127 cm³/mol. The van der Waals surface area contributed by atoms with Crippen LogP contribution < -0.4 is 10.1 Å². The first kappa shape index (κ1) is 21.2. The Morgan fingerprint density at radius 1 is 1.22 bits per heavy atom. The zero-order valence-corrected chi connectivity index (χ0v) is 19.6. The lowest BCUT2D eigenvalue weighted by molar-refractivity contribution is 0.0343. The van der Waals surface area contributed by atoms with Gasteiger partial charge in [-0.25, -0.2) is 4.98 Å². The molecule has 166 valence electrons. The van der Waals surface area contributed by atoms with Crippen molar-refractivity contribution >= 4 is 27.3 Å². The number of rotatable bonds is 6. The monoisotopic (exact) mass is 495 g/mol. The molecule has 2 unspecified atom stereocenters. The van der Waals surface area contributed by atoms with Gasteiger partial charge in [0.05, 0.1) is 6.20 Å². The van der Waals surface area contributed by atoms with Crippen LogP contribution in [0.25, 0.3) is 0 Å². The van der Waals surface area contributed by atoms with Crippen molar-refractivity contribution in [2.75, 3.05) is 11.9 Å². The minimum atomic E-state index is -0.0556. The maximum absolute atomic E-state index is 8.72. The van der Waals surface area contributed by atoms with Gasteiger partial charge in [0.2, 0.25) is 0 Å². The molecule has 2 N–H and O–H groups in total. The number of oxazole rings is 1. The number of ether oxygens (including phenoxy) is 2. The summed E-state index contributed by atoms with van der Waals surface area (Å²) in [5.41, 5.74) is 5.58. The summed E-state index contributed by atoms with van der Waals surface area (Å²) in [5, 5.41) is 12.2. The van der Waals surface area contributed by atoms with Crippen LogP contribution in [0, 0.1) is 12.3 Å². The first-order valence-corrected chi connectivity index (χ1v) is 11.8. The average Bonchev–Trinajstić information content (AvgIpc) is 3.47. The molecule has 3 aromatic rings. The third-order valence-corrected chi connectivity index (χ3v) is 7.01. The van der Waals surface area contributed by atoms with Crippen LogP contribution in [-0.2, 0) is 11.2 Å². The summed E-state index contributed by atoms with van der Waals surface area (Å²) in [7, 11) is 0. The molecule has 32 heavy (non-hydrogen) atoms. The van der Waals surface area contributed by atoms with E-state index in [1.165, 1.54) is 23.1 Å². The fourth-order valence-corrected chi connectivity index (χ4v) is 4.81. The van der Waals surface area contributed by atoms with E-state index in [4.69, 9.17) is 19.3 Å². The number of aromatic nitrogens is 1. The lowest BCUT2D eigenvalue weighted by Gasteiger charge is -2.26. The summed E-state index contributed by atoms with van der Waals surface area (Å²) in [6.07, 6.45) is 7.96. The molecule has 0 amide bonds. The van der Waals surface area contributed by atoms with Crippen LogP contribution in [-0.4, -0.2) is 23.5 Å². The number of hydrogen-bond donors (Lipinski definition) is 2. The summed E-state index contributed by atoms with van der Waals surface area (Å²) in [6.45, 7) is 2.86. The molecule has 2 aliphatic rings. The third-order valence-electron chi connectivity index (χ3n) is 6.16. The normalized spacial score (nSPS) is 20.1. The number of anilines is 1. The minimum Gasteiger partial charge on any atom is -0.486 e. The van der Waals surface area contributed by atoms with Gasteiger partial charge in [-0.2, -0.15) is 0 Å². The Bertz CT molecular complexity index is 1120. The quantitative estimate of drug-likeness (QED) is 0.399. The number of aryl methyl sites for hydroxylation is 2. The Labute approximate surface area is 196 Å². The highest BCUT2D eigenvalue weighted by molar-refractivity contribution is 9.10. The van der Waals surface area contributed by atoms with E-state index in [1.54, 1.807) is 6.20 Å². The van der Waals surface area contributed by atoms with Gasteiger partial charge in [0, 0.05) is 22.3 Å². The summed E-state index contributed by atoms with van der Waals surface area (Å²) < 4.78 is 18.8. The van der Waals surface area contributed by atoms with E-state index < -0.39 is 0 Å². The van der Waals surface area contributed by atoms with Crippen LogP contribution in [0.2, 0.25) is 0 Å². The van der Waals surface area contributed by atoms with E-state index in [2.05, 4.69) is 45.3 Å². The predicted octanol–water partition coefficient (Wildman–Crippen LogP) is 6.17. The third kappa shape index (κ3) is 4.32. The van der Waals surface area contributed by atoms with Crippen molar-refractivity contribution in [3.05, 3.63) is 75.4 Å². The van der Waals surface area contributed by atoms with Crippen molar-refractivity contribution in [1.82, 2.24) is 4.98 Å².